The Morgan fingerprint density at radius 1 is 1.26 bits per heavy atom. The maximum Gasteiger partial charge on any atom is 0.261 e. The fraction of sp³-hybridized carbons (Fsp3) is 0.200. The standard InChI is InChI=1S/C15H16N2O2/c1-3-11-6-8-12(9-7-11)17-14(18)13-5-4-10-16-15(13)19-2/h4-10H,3H2,1-2H3,(H,17,18). The van der Waals surface area contributed by atoms with Gasteiger partial charge in [0.25, 0.3) is 5.91 Å². The average molecular weight is 256 g/mol. The Kier molecular flexibility index (Phi) is 4.13. The smallest absolute Gasteiger partial charge is 0.261 e. The molecule has 0 fully saturated rings. The summed E-state index contributed by atoms with van der Waals surface area (Å²) < 4.78 is 5.07. The van der Waals surface area contributed by atoms with Crippen LogP contribution in [0.5, 0.6) is 5.88 Å². The molecule has 4 nitrogen and oxygen atoms in total. The normalized spacial score (nSPS) is 10.0. The molecule has 1 amide bonds. The second-order valence-corrected chi connectivity index (χ2v) is 4.06. The number of nitrogens with zero attached hydrogens (tertiary/aromatic N) is 1. The third-order valence-corrected chi connectivity index (χ3v) is 2.83. The fourth-order valence-electron chi connectivity index (χ4n) is 1.75. The SMILES string of the molecule is CCc1ccc(NC(=O)c2cccnc2OC)cc1. The van der Waals surface area contributed by atoms with Crippen LogP contribution in [0, 0.1) is 0 Å². The first-order valence-electron chi connectivity index (χ1n) is 6.14. The first-order chi connectivity index (χ1) is 9.24. The van der Waals surface area contributed by atoms with Crippen molar-refractivity contribution in [1.82, 2.24) is 4.98 Å². The van der Waals surface area contributed by atoms with Crippen molar-refractivity contribution in [2.24, 2.45) is 0 Å². The Labute approximate surface area is 112 Å². The van der Waals surface area contributed by atoms with E-state index in [1.165, 1.54) is 12.7 Å². The fourth-order valence-corrected chi connectivity index (χ4v) is 1.75. The van der Waals surface area contributed by atoms with Crippen molar-refractivity contribution in [2.75, 3.05) is 12.4 Å². The highest BCUT2D eigenvalue weighted by molar-refractivity contribution is 6.05. The summed E-state index contributed by atoms with van der Waals surface area (Å²) in [7, 11) is 1.50. The van der Waals surface area contributed by atoms with E-state index in [-0.39, 0.29) is 5.91 Å². The van der Waals surface area contributed by atoms with Crippen LogP contribution >= 0.6 is 0 Å². The van der Waals surface area contributed by atoms with E-state index in [0.717, 1.165) is 12.1 Å². The number of hydrogen-bond acceptors (Lipinski definition) is 3. The van der Waals surface area contributed by atoms with E-state index in [4.69, 9.17) is 4.74 Å². The van der Waals surface area contributed by atoms with Crippen LogP contribution in [0.4, 0.5) is 5.69 Å². The Morgan fingerprint density at radius 2 is 2.00 bits per heavy atom. The number of carbonyl (C=O) groups excluding carboxylic acids is 1. The van der Waals surface area contributed by atoms with Gasteiger partial charge in [0.1, 0.15) is 5.56 Å². The number of benzene rings is 1. The molecule has 1 N–H and O–H groups in total. The number of nitrogens with one attached hydrogen (secondary N) is 1. The van der Waals surface area contributed by atoms with Crippen molar-refractivity contribution in [3.63, 3.8) is 0 Å². The van der Waals surface area contributed by atoms with Crippen LogP contribution in [0.1, 0.15) is 22.8 Å². The largest absolute Gasteiger partial charge is 0.480 e. The number of hydrogen-bond donors (Lipinski definition) is 1. The van der Waals surface area contributed by atoms with E-state index in [2.05, 4.69) is 17.2 Å². The second kappa shape index (κ2) is 6.00. The number of aromatic nitrogens is 1. The highest BCUT2D eigenvalue weighted by Gasteiger charge is 2.12. The first kappa shape index (κ1) is 13.1. The van der Waals surface area contributed by atoms with Crippen LogP contribution in [-0.4, -0.2) is 18.0 Å². The molecule has 2 rings (SSSR count). The van der Waals surface area contributed by atoms with Gasteiger partial charge in [0.05, 0.1) is 7.11 Å². The lowest BCUT2D eigenvalue weighted by molar-refractivity contribution is 0.102. The molecule has 0 unspecified atom stereocenters. The van der Waals surface area contributed by atoms with Crippen molar-refractivity contribution in [1.29, 1.82) is 0 Å². The summed E-state index contributed by atoms with van der Waals surface area (Å²) in [6.45, 7) is 2.09. The highest BCUT2D eigenvalue weighted by atomic mass is 16.5. The average Bonchev–Trinajstić information content (AvgIpc) is 2.48. The minimum Gasteiger partial charge on any atom is -0.480 e. The molecule has 19 heavy (non-hydrogen) atoms. The summed E-state index contributed by atoms with van der Waals surface area (Å²) >= 11 is 0. The molecule has 0 atom stereocenters. The molecule has 1 aromatic carbocycles. The minimum atomic E-state index is -0.228. The number of aryl methyl sites for hydroxylation is 1. The first-order valence-corrected chi connectivity index (χ1v) is 6.14. The zero-order valence-electron chi connectivity index (χ0n) is 11.0. The second-order valence-electron chi connectivity index (χ2n) is 4.06. The van der Waals surface area contributed by atoms with Crippen molar-refractivity contribution in [2.45, 2.75) is 13.3 Å². The minimum absolute atomic E-state index is 0.228. The predicted octanol–water partition coefficient (Wildman–Crippen LogP) is 2.90. The number of pyridine rings is 1. The van der Waals surface area contributed by atoms with Crippen molar-refractivity contribution < 1.29 is 9.53 Å². The van der Waals surface area contributed by atoms with Gasteiger partial charge in [0.15, 0.2) is 0 Å². The number of anilines is 1. The Balaban J connectivity index is 2.16. The zero-order valence-corrected chi connectivity index (χ0v) is 11.0. The van der Waals surface area contributed by atoms with Gasteiger partial charge in [-0.15, -0.1) is 0 Å². The molecule has 0 radical (unpaired) electrons. The van der Waals surface area contributed by atoms with Gasteiger partial charge < -0.3 is 10.1 Å². The summed E-state index contributed by atoms with van der Waals surface area (Å²) in [5.74, 6) is 0.0966. The molecular weight excluding hydrogens is 240 g/mol. The summed E-state index contributed by atoms with van der Waals surface area (Å²) in [4.78, 5) is 16.1. The molecule has 0 aliphatic rings. The van der Waals surface area contributed by atoms with E-state index in [1.807, 2.05) is 24.3 Å². The molecule has 0 spiro atoms. The lowest BCUT2D eigenvalue weighted by atomic mass is 10.1. The van der Waals surface area contributed by atoms with Gasteiger partial charge >= 0.3 is 0 Å². The molecule has 1 heterocycles. The molecule has 1 aromatic heterocycles. The van der Waals surface area contributed by atoms with Crippen molar-refractivity contribution in [3.05, 3.63) is 53.7 Å². The number of methoxy groups -OCH3 is 1. The van der Waals surface area contributed by atoms with E-state index in [0.29, 0.717) is 11.4 Å². The molecule has 0 saturated carbocycles. The zero-order chi connectivity index (χ0) is 13.7. The van der Waals surface area contributed by atoms with Crippen LogP contribution in [0.2, 0.25) is 0 Å². The third-order valence-electron chi connectivity index (χ3n) is 2.83. The molecule has 0 bridgehead atoms. The lowest BCUT2D eigenvalue weighted by Crippen LogP contribution is -2.13. The summed E-state index contributed by atoms with van der Waals surface area (Å²) in [5, 5.41) is 2.83. The maximum atomic E-state index is 12.1. The van der Waals surface area contributed by atoms with Gasteiger partial charge in [0.2, 0.25) is 5.88 Å². The van der Waals surface area contributed by atoms with E-state index in [9.17, 15) is 4.79 Å². The van der Waals surface area contributed by atoms with Crippen molar-refractivity contribution >= 4 is 11.6 Å². The number of rotatable bonds is 4. The van der Waals surface area contributed by atoms with E-state index < -0.39 is 0 Å². The van der Waals surface area contributed by atoms with Gasteiger partial charge in [0, 0.05) is 11.9 Å². The quantitative estimate of drug-likeness (QED) is 0.915. The van der Waals surface area contributed by atoms with Gasteiger partial charge in [-0.1, -0.05) is 19.1 Å². The molecule has 0 aliphatic heterocycles. The van der Waals surface area contributed by atoms with Gasteiger partial charge in [-0.25, -0.2) is 4.98 Å². The molecular formula is C15H16N2O2. The lowest BCUT2D eigenvalue weighted by Gasteiger charge is -2.08. The molecule has 0 aliphatic carbocycles. The van der Waals surface area contributed by atoms with Crippen molar-refractivity contribution in [3.8, 4) is 5.88 Å². The predicted molar refractivity (Wildman–Crippen MR) is 74.6 cm³/mol. The van der Waals surface area contributed by atoms with Gasteiger partial charge in [-0.05, 0) is 36.2 Å². The molecule has 98 valence electrons. The van der Waals surface area contributed by atoms with Crippen LogP contribution in [-0.2, 0) is 6.42 Å². The topological polar surface area (TPSA) is 51.2 Å². The molecule has 4 heteroatoms. The Hall–Kier alpha value is -2.36. The number of ether oxygens (including phenoxy) is 1. The van der Waals surface area contributed by atoms with Crippen LogP contribution in [0.25, 0.3) is 0 Å². The summed E-state index contributed by atoms with van der Waals surface area (Å²) in [5.41, 5.74) is 2.41. The van der Waals surface area contributed by atoms with E-state index >= 15 is 0 Å². The number of carbonyl (C=O) groups is 1. The van der Waals surface area contributed by atoms with E-state index in [1.54, 1.807) is 18.3 Å². The maximum absolute atomic E-state index is 12.1. The summed E-state index contributed by atoms with van der Waals surface area (Å²) in [6.07, 6.45) is 2.57. The van der Waals surface area contributed by atoms with Gasteiger partial charge in [-0.2, -0.15) is 0 Å². The number of amides is 1. The Morgan fingerprint density at radius 3 is 2.63 bits per heavy atom. The monoisotopic (exact) mass is 256 g/mol. The van der Waals surface area contributed by atoms with Crippen LogP contribution in [0.15, 0.2) is 42.6 Å². The molecule has 2 aromatic rings. The molecule has 0 saturated heterocycles. The van der Waals surface area contributed by atoms with Crippen LogP contribution in [0.3, 0.4) is 0 Å². The van der Waals surface area contributed by atoms with Gasteiger partial charge in [-0.3, -0.25) is 4.79 Å². The highest BCUT2D eigenvalue weighted by Crippen LogP contribution is 2.16. The Bertz CT molecular complexity index is 565. The summed E-state index contributed by atoms with van der Waals surface area (Å²) in [6, 6.07) is 11.2. The van der Waals surface area contributed by atoms with Crippen LogP contribution < -0.4 is 10.1 Å². The third kappa shape index (κ3) is 3.10.